The highest BCUT2D eigenvalue weighted by Crippen LogP contribution is 2.40. The third-order valence-electron chi connectivity index (χ3n) is 9.74. The minimum Gasteiger partial charge on any atom is -0.456 e. The summed E-state index contributed by atoms with van der Waals surface area (Å²) < 4.78 is 6.45. The third kappa shape index (κ3) is 5.04. The van der Waals surface area contributed by atoms with Crippen LogP contribution in [0.5, 0.6) is 0 Å². The average Bonchev–Trinajstić information content (AvgIpc) is 3.59. The molecule has 0 saturated carbocycles. The topological polar surface area (TPSA) is 51.8 Å². The summed E-state index contributed by atoms with van der Waals surface area (Å²) in [6.07, 6.45) is 0. The monoisotopic (exact) mass is 651 g/mol. The van der Waals surface area contributed by atoms with Crippen molar-refractivity contribution in [3.63, 3.8) is 0 Å². The summed E-state index contributed by atoms with van der Waals surface area (Å²) in [5.41, 5.74) is 9.00. The maximum absolute atomic E-state index is 6.45. The minimum absolute atomic E-state index is 0.597. The molecule has 238 valence electrons. The zero-order valence-corrected chi connectivity index (χ0v) is 27.5. The number of hydrogen-bond acceptors (Lipinski definition) is 4. The highest BCUT2D eigenvalue weighted by Gasteiger charge is 2.20. The van der Waals surface area contributed by atoms with Gasteiger partial charge < -0.3 is 4.42 Å². The summed E-state index contributed by atoms with van der Waals surface area (Å²) in [5, 5.41) is 6.67. The predicted octanol–water partition coefficient (Wildman–Crippen LogP) is 12.4. The Morgan fingerprint density at radius 3 is 1.73 bits per heavy atom. The molecule has 51 heavy (non-hydrogen) atoms. The zero-order chi connectivity index (χ0) is 33.7. The molecule has 0 aliphatic heterocycles. The average molecular weight is 652 g/mol. The van der Waals surface area contributed by atoms with Gasteiger partial charge in [-0.1, -0.05) is 146 Å². The number of nitrogens with zero attached hydrogens (tertiary/aromatic N) is 3. The van der Waals surface area contributed by atoms with Crippen molar-refractivity contribution in [2.75, 3.05) is 0 Å². The van der Waals surface area contributed by atoms with Crippen LogP contribution in [0.3, 0.4) is 0 Å². The van der Waals surface area contributed by atoms with Crippen LogP contribution >= 0.6 is 0 Å². The van der Waals surface area contributed by atoms with E-state index < -0.39 is 0 Å². The Kier molecular flexibility index (Phi) is 6.78. The number of aromatic nitrogens is 3. The first-order valence-electron chi connectivity index (χ1n) is 17.1. The van der Waals surface area contributed by atoms with Gasteiger partial charge in [-0.05, 0) is 74.1 Å². The Morgan fingerprint density at radius 1 is 0.314 bits per heavy atom. The molecule has 0 fully saturated rings. The Bertz CT molecular complexity index is 2910. The van der Waals surface area contributed by atoms with Gasteiger partial charge in [0, 0.05) is 27.5 Å². The van der Waals surface area contributed by atoms with E-state index in [1.54, 1.807) is 0 Å². The van der Waals surface area contributed by atoms with Crippen molar-refractivity contribution in [1.29, 1.82) is 0 Å². The van der Waals surface area contributed by atoms with Gasteiger partial charge in [0.25, 0.3) is 0 Å². The van der Waals surface area contributed by atoms with Crippen LogP contribution in [0.15, 0.2) is 180 Å². The molecule has 8 aromatic carbocycles. The lowest BCUT2D eigenvalue weighted by Crippen LogP contribution is -2.01. The molecule has 0 aliphatic rings. The largest absolute Gasteiger partial charge is 0.456 e. The Morgan fingerprint density at radius 2 is 0.922 bits per heavy atom. The lowest BCUT2D eigenvalue weighted by atomic mass is 9.94. The summed E-state index contributed by atoms with van der Waals surface area (Å²) in [6, 6.07) is 61.1. The second-order valence-corrected chi connectivity index (χ2v) is 12.8. The van der Waals surface area contributed by atoms with Crippen LogP contribution in [0.2, 0.25) is 0 Å². The second kappa shape index (κ2) is 11.9. The molecule has 0 saturated heterocycles. The standard InChI is InChI=1S/C47H29N3O/c1-3-13-31(14-4-1)36-25-26-39(38-19-10-9-18-37(36)38)46-48-45(32-15-5-2-6-16-32)49-47(50-46)40-20-11-21-43-44(40)41-29-35(24-27-42(41)51-43)34-23-22-30-12-7-8-17-33(30)28-34/h1-29H. The summed E-state index contributed by atoms with van der Waals surface area (Å²) in [5.74, 6) is 1.84. The zero-order valence-electron chi connectivity index (χ0n) is 27.5. The van der Waals surface area contributed by atoms with E-state index in [1.807, 2.05) is 48.5 Å². The van der Waals surface area contributed by atoms with Crippen LogP contribution in [-0.2, 0) is 0 Å². The van der Waals surface area contributed by atoms with Crippen LogP contribution in [0.25, 0.3) is 99.9 Å². The Labute approximate surface area is 294 Å². The highest BCUT2D eigenvalue weighted by atomic mass is 16.3. The van der Waals surface area contributed by atoms with Crippen LogP contribution in [0, 0.1) is 0 Å². The molecular weight excluding hydrogens is 623 g/mol. The fourth-order valence-corrected chi connectivity index (χ4v) is 7.26. The number of furan rings is 1. The molecule has 2 aromatic heterocycles. The van der Waals surface area contributed by atoms with Gasteiger partial charge in [0.2, 0.25) is 0 Å². The Balaban J connectivity index is 1.19. The van der Waals surface area contributed by atoms with Crippen molar-refractivity contribution in [2.24, 2.45) is 0 Å². The van der Waals surface area contributed by atoms with Gasteiger partial charge in [-0.2, -0.15) is 0 Å². The van der Waals surface area contributed by atoms with Crippen molar-refractivity contribution in [2.45, 2.75) is 0 Å². The molecule has 10 rings (SSSR count). The van der Waals surface area contributed by atoms with Gasteiger partial charge in [-0.25, -0.2) is 15.0 Å². The molecule has 10 aromatic rings. The molecule has 0 atom stereocenters. The number of rotatable bonds is 5. The summed E-state index contributed by atoms with van der Waals surface area (Å²) in [6.45, 7) is 0. The van der Waals surface area contributed by atoms with Gasteiger partial charge in [-0.3, -0.25) is 0 Å². The molecule has 4 heteroatoms. The normalized spacial score (nSPS) is 11.5. The molecular formula is C47H29N3O. The van der Waals surface area contributed by atoms with Crippen LogP contribution in [0.1, 0.15) is 0 Å². The van der Waals surface area contributed by atoms with E-state index in [1.165, 1.54) is 21.9 Å². The number of hydrogen-bond donors (Lipinski definition) is 0. The summed E-state index contributed by atoms with van der Waals surface area (Å²) >= 11 is 0. The molecule has 0 bridgehead atoms. The van der Waals surface area contributed by atoms with Gasteiger partial charge in [-0.15, -0.1) is 0 Å². The first kappa shape index (κ1) is 29.0. The lowest BCUT2D eigenvalue weighted by molar-refractivity contribution is 0.669. The first-order chi connectivity index (χ1) is 25.3. The predicted molar refractivity (Wildman–Crippen MR) is 209 cm³/mol. The van der Waals surface area contributed by atoms with E-state index in [4.69, 9.17) is 19.4 Å². The number of benzene rings is 8. The van der Waals surface area contributed by atoms with E-state index in [0.717, 1.165) is 60.5 Å². The molecule has 2 heterocycles. The second-order valence-electron chi connectivity index (χ2n) is 12.8. The van der Waals surface area contributed by atoms with Crippen molar-refractivity contribution >= 4 is 43.5 Å². The van der Waals surface area contributed by atoms with Crippen molar-refractivity contribution in [3.05, 3.63) is 176 Å². The fourth-order valence-electron chi connectivity index (χ4n) is 7.26. The van der Waals surface area contributed by atoms with Crippen LogP contribution < -0.4 is 0 Å². The molecule has 0 unspecified atom stereocenters. The van der Waals surface area contributed by atoms with Gasteiger partial charge in [0.1, 0.15) is 11.2 Å². The van der Waals surface area contributed by atoms with Crippen LogP contribution in [-0.4, -0.2) is 15.0 Å². The smallest absolute Gasteiger partial charge is 0.164 e. The van der Waals surface area contributed by atoms with Crippen molar-refractivity contribution in [3.8, 4) is 56.4 Å². The third-order valence-corrected chi connectivity index (χ3v) is 9.74. The SMILES string of the molecule is c1ccc(-c2nc(-c3ccc(-c4ccccc4)c4ccccc34)nc(-c3cccc4oc5ccc(-c6ccc7ccccc7c6)cc5c34)n2)cc1. The summed E-state index contributed by atoms with van der Waals surface area (Å²) in [4.78, 5) is 15.5. The van der Waals surface area contributed by atoms with Crippen LogP contribution in [0.4, 0.5) is 0 Å². The number of fused-ring (bicyclic) bond motifs is 5. The molecule has 0 N–H and O–H groups in total. The Hall–Kier alpha value is -6.91. The van der Waals surface area contributed by atoms with E-state index >= 15 is 0 Å². The maximum Gasteiger partial charge on any atom is 0.164 e. The highest BCUT2D eigenvalue weighted by molar-refractivity contribution is 6.13. The van der Waals surface area contributed by atoms with E-state index in [-0.39, 0.29) is 0 Å². The maximum atomic E-state index is 6.45. The van der Waals surface area contributed by atoms with Gasteiger partial charge in [0.05, 0.1) is 0 Å². The molecule has 0 radical (unpaired) electrons. The molecule has 4 nitrogen and oxygen atoms in total. The van der Waals surface area contributed by atoms with Crippen molar-refractivity contribution < 1.29 is 4.42 Å². The van der Waals surface area contributed by atoms with Gasteiger partial charge in [0.15, 0.2) is 17.5 Å². The van der Waals surface area contributed by atoms with E-state index in [0.29, 0.717) is 17.5 Å². The first-order valence-corrected chi connectivity index (χ1v) is 17.1. The van der Waals surface area contributed by atoms with E-state index in [2.05, 4.69) is 127 Å². The molecule has 0 amide bonds. The van der Waals surface area contributed by atoms with E-state index in [9.17, 15) is 0 Å². The fraction of sp³-hybridized carbons (Fsp3) is 0. The van der Waals surface area contributed by atoms with Crippen molar-refractivity contribution in [1.82, 2.24) is 15.0 Å². The quantitative estimate of drug-likeness (QED) is 0.186. The lowest BCUT2D eigenvalue weighted by Gasteiger charge is -2.13. The van der Waals surface area contributed by atoms with Gasteiger partial charge >= 0.3 is 0 Å². The minimum atomic E-state index is 0.597. The summed E-state index contributed by atoms with van der Waals surface area (Å²) in [7, 11) is 0. The molecule has 0 spiro atoms. The molecule has 0 aliphatic carbocycles.